The molecule has 0 aliphatic heterocycles. The fourth-order valence-corrected chi connectivity index (χ4v) is 10.6. The second-order valence-electron chi connectivity index (χ2n) is 13.2. The molecule has 0 aliphatic rings. The maximum atomic E-state index is 13.2. The molecule has 228 valence electrons. The maximum Gasteiger partial charge on any atom is 0.261 e. The Morgan fingerprint density at radius 3 is 1.85 bits per heavy atom. The SMILES string of the molecule is CCCCCCCCC/C=C/C(=O)C[C@H](CO[Si](c1ccccc1)(c1ccccc1)C(C)(C)C)NS(=O)C(C)(C)C. The van der Waals surface area contributed by atoms with E-state index in [0.717, 1.165) is 12.8 Å². The van der Waals surface area contributed by atoms with Gasteiger partial charge in [0.05, 0.1) is 22.3 Å². The van der Waals surface area contributed by atoms with Gasteiger partial charge in [-0.25, -0.2) is 8.93 Å². The lowest BCUT2D eigenvalue weighted by atomic mass is 10.1. The molecule has 4 nitrogen and oxygen atoms in total. The predicted molar refractivity (Wildman–Crippen MR) is 180 cm³/mol. The van der Waals surface area contributed by atoms with Crippen LogP contribution in [-0.4, -0.2) is 35.7 Å². The summed E-state index contributed by atoms with van der Waals surface area (Å²) < 4.78 is 23.1. The van der Waals surface area contributed by atoms with Crippen LogP contribution in [0.2, 0.25) is 5.04 Å². The number of rotatable bonds is 18. The Labute approximate surface area is 254 Å². The molecule has 0 bridgehead atoms. The van der Waals surface area contributed by atoms with Crippen LogP contribution in [-0.2, 0) is 20.2 Å². The molecule has 0 aliphatic carbocycles. The lowest BCUT2D eigenvalue weighted by Gasteiger charge is -2.43. The van der Waals surface area contributed by atoms with E-state index >= 15 is 0 Å². The summed E-state index contributed by atoms with van der Waals surface area (Å²) in [5.41, 5.74) is 0. The highest BCUT2D eigenvalue weighted by atomic mass is 32.2. The smallest absolute Gasteiger partial charge is 0.261 e. The Bertz CT molecular complexity index is 1030. The number of carbonyl (C=O) groups excluding carboxylic acids is 1. The van der Waals surface area contributed by atoms with Gasteiger partial charge < -0.3 is 4.43 Å². The number of hydrogen-bond donors (Lipinski definition) is 1. The second-order valence-corrected chi connectivity index (χ2v) is 19.5. The fourth-order valence-electron chi connectivity index (χ4n) is 5.19. The molecule has 0 radical (unpaired) electrons. The monoisotopic (exact) mass is 597 g/mol. The molecule has 1 N–H and O–H groups in total. The predicted octanol–water partition coefficient (Wildman–Crippen LogP) is 7.64. The molecule has 0 fully saturated rings. The van der Waals surface area contributed by atoms with Crippen LogP contribution in [0, 0.1) is 0 Å². The Morgan fingerprint density at radius 2 is 1.37 bits per heavy atom. The molecular weight excluding hydrogens is 543 g/mol. The first-order valence-corrected chi connectivity index (χ1v) is 18.6. The minimum Gasteiger partial charge on any atom is -0.406 e. The average Bonchev–Trinajstić information content (AvgIpc) is 2.92. The van der Waals surface area contributed by atoms with Crippen molar-refractivity contribution in [3.63, 3.8) is 0 Å². The summed E-state index contributed by atoms with van der Waals surface area (Å²) in [6.45, 7) is 15.1. The number of unbranched alkanes of at least 4 members (excludes halogenated alkanes) is 7. The van der Waals surface area contributed by atoms with Crippen molar-refractivity contribution in [3.8, 4) is 0 Å². The number of ketones is 1. The molecule has 2 atom stereocenters. The molecule has 41 heavy (non-hydrogen) atoms. The standard InChI is InChI=1S/C35H55NO3SSi/c1-8-9-10-11-12-13-14-15-18-23-31(37)28-30(36-40(38)34(2,3)4)29-39-41(35(5,6)7,32-24-19-16-20-25-32)33-26-21-17-22-27-33/h16-27,30,36H,8-15,28-29H2,1-7H3/b23-18+/t30-,40?/m1/s1. The van der Waals surface area contributed by atoms with E-state index in [9.17, 15) is 9.00 Å². The van der Waals surface area contributed by atoms with Crippen LogP contribution in [0.25, 0.3) is 0 Å². The van der Waals surface area contributed by atoms with E-state index in [2.05, 4.69) is 80.9 Å². The normalized spacial score (nSPS) is 14.3. The van der Waals surface area contributed by atoms with Gasteiger partial charge in [0, 0.05) is 12.5 Å². The Balaban J connectivity index is 2.21. The van der Waals surface area contributed by atoms with Crippen molar-refractivity contribution in [1.29, 1.82) is 0 Å². The van der Waals surface area contributed by atoms with Crippen molar-refractivity contribution < 1.29 is 13.4 Å². The topological polar surface area (TPSA) is 55.4 Å². The van der Waals surface area contributed by atoms with Gasteiger partial charge in [0.15, 0.2) is 5.78 Å². The quantitative estimate of drug-likeness (QED) is 0.109. The number of allylic oxidation sites excluding steroid dienone is 2. The van der Waals surface area contributed by atoms with E-state index in [0.29, 0.717) is 6.61 Å². The Hall–Kier alpha value is -1.86. The third-order valence-corrected chi connectivity index (χ3v) is 14.1. The first-order valence-electron chi connectivity index (χ1n) is 15.5. The molecule has 2 rings (SSSR count). The lowest BCUT2D eigenvalue weighted by Crippen LogP contribution is -2.67. The van der Waals surface area contributed by atoms with Gasteiger partial charge in [0.1, 0.15) is 0 Å². The van der Waals surface area contributed by atoms with Gasteiger partial charge in [-0.1, -0.05) is 133 Å². The third-order valence-electron chi connectivity index (χ3n) is 7.47. The molecular formula is C35H55NO3SSi. The van der Waals surface area contributed by atoms with Gasteiger partial charge in [0.2, 0.25) is 0 Å². The third kappa shape index (κ3) is 11.4. The molecule has 0 spiro atoms. The van der Waals surface area contributed by atoms with Gasteiger partial charge in [-0.2, -0.15) is 0 Å². The van der Waals surface area contributed by atoms with Crippen LogP contribution < -0.4 is 15.1 Å². The summed E-state index contributed by atoms with van der Waals surface area (Å²) in [6.07, 6.45) is 13.7. The molecule has 0 saturated heterocycles. The summed E-state index contributed by atoms with van der Waals surface area (Å²) in [4.78, 5) is 13.1. The first-order chi connectivity index (χ1) is 19.4. The van der Waals surface area contributed by atoms with Crippen molar-refractivity contribution in [3.05, 3.63) is 72.8 Å². The van der Waals surface area contributed by atoms with Crippen LogP contribution in [0.1, 0.15) is 106 Å². The first kappa shape index (κ1) is 35.3. The van der Waals surface area contributed by atoms with Crippen molar-refractivity contribution in [2.45, 2.75) is 122 Å². The van der Waals surface area contributed by atoms with Gasteiger partial charge in [-0.15, -0.1) is 0 Å². The number of carbonyl (C=O) groups is 1. The summed E-state index contributed by atoms with van der Waals surface area (Å²) in [5, 5.41) is 2.20. The highest BCUT2D eigenvalue weighted by molar-refractivity contribution is 7.84. The van der Waals surface area contributed by atoms with Crippen molar-refractivity contribution in [2.75, 3.05) is 6.61 Å². The zero-order valence-electron chi connectivity index (χ0n) is 26.7. The Morgan fingerprint density at radius 1 is 0.854 bits per heavy atom. The molecule has 2 aromatic carbocycles. The van der Waals surface area contributed by atoms with Crippen LogP contribution in [0.15, 0.2) is 72.8 Å². The molecule has 0 aromatic heterocycles. The van der Waals surface area contributed by atoms with Crippen LogP contribution >= 0.6 is 0 Å². The zero-order chi connectivity index (χ0) is 30.4. The van der Waals surface area contributed by atoms with Crippen molar-refractivity contribution in [2.24, 2.45) is 0 Å². The molecule has 0 amide bonds. The largest absolute Gasteiger partial charge is 0.406 e. The highest BCUT2D eigenvalue weighted by Crippen LogP contribution is 2.37. The fraction of sp³-hybridized carbons (Fsp3) is 0.571. The van der Waals surface area contributed by atoms with E-state index in [1.807, 2.05) is 39.0 Å². The maximum absolute atomic E-state index is 13.2. The minimum absolute atomic E-state index is 0.0439. The molecule has 0 saturated carbocycles. The van der Waals surface area contributed by atoms with Gasteiger partial charge in [-0.05, 0) is 55.1 Å². The Kier molecular flexibility index (Phi) is 14.9. The van der Waals surface area contributed by atoms with Crippen LogP contribution in [0.3, 0.4) is 0 Å². The lowest BCUT2D eigenvalue weighted by molar-refractivity contribution is -0.115. The molecule has 6 heteroatoms. The van der Waals surface area contributed by atoms with Crippen LogP contribution in [0.5, 0.6) is 0 Å². The summed E-state index contributed by atoms with van der Waals surface area (Å²) in [7, 11) is -4.11. The van der Waals surface area contributed by atoms with E-state index in [-0.39, 0.29) is 23.3 Å². The number of nitrogens with one attached hydrogen (secondary N) is 1. The zero-order valence-corrected chi connectivity index (χ0v) is 28.5. The average molecular weight is 598 g/mol. The van der Waals surface area contributed by atoms with Crippen LogP contribution in [0.4, 0.5) is 0 Å². The van der Waals surface area contributed by atoms with E-state index < -0.39 is 24.1 Å². The number of benzene rings is 2. The summed E-state index contributed by atoms with van der Waals surface area (Å²) in [6, 6.07) is 20.6. The highest BCUT2D eigenvalue weighted by Gasteiger charge is 2.50. The minimum atomic E-state index is -2.78. The van der Waals surface area contributed by atoms with E-state index in [4.69, 9.17) is 4.43 Å². The van der Waals surface area contributed by atoms with Gasteiger partial charge >= 0.3 is 0 Å². The summed E-state index contributed by atoms with van der Waals surface area (Å²) >= 11 is 0. The van der Waals surface area contributed by atoms with E-state index in [1.165, 1.54) is 48.9 Å². The molecule has 1 unspecified atom stereocenters. The molecule has 0 heterocycles. The van der Waals surface area contributed by atoms with Gasteiger partial charge in [0.25, 0.3) is 8.32 Å². The second kappa shape index (κ2) is 17.3. The number of hydrogen-bond acceptors (Lipinski definition) is 3. The van der Waals surface area contributed by atoms with E-state index in [1.54, 1.807) is 6.08 Å². The van der Waals surface area contributed by atoms with Crippen molar-refractivity contribution >= 4 is 35.5 Å². The molecule has 2 aromatic rings. The summed E-state index contributed by atoms with van der Waals surface area (Å²) in [5.74, 6) is 0.0439. The van der Waals surface area contributed by atoms with Gasteiger partial charge in [-0.3, -0.25) is 4.79 Å². The van der Waals surface area contributed by atoms with Crippen molar-refractivity contribution in [1.82, 2.24) is 4.72 Å².